The number of carboxylic acids is 1. The van der Waals surface area contributed by atoms with Gasteiger partial charge in [0, 0.05) is 11.8 Å². The van der Waals surface area contributed by atoms with Gasteiger partial charge < -0.3 is 20.3 Å². The lowest BCUT2D eigenvalue weighted by Gasteiger charge is -2.15. The minimum atomic E-state index is -1.49. The lowest BCUT2D eigenvalue weighted by atomic mass is 10.0. The minimum absolute atomic E-state index is 0.0498. The fourth-order valence-electron chi connectivity index (χ4n) is 1.17. The summed E-state index contributed by atoms with van der Waals surface area (Å²) in [4.78, 5) is 23.8. The van der Waals surface area contributed by atoms with Crippen LogP contribution in [0.25, 0.3) is 0 Å². The molecule has 2 unspecified atom stereocenters. The van der Waals surface area contributed by atoms with E-state index in [0.717, 1.165) is 0 Å². The van der Waals surface area contributed by atoms with E-state index in [1.165, 1.54) is 18.3 Å². The molecule has 2 atom stereocenters. The quantitative estimate of drug-likeness (QED) is 0.525. The van der Waals surface area contributed by atoms with Crippen LogP contribution >= 0.6 is 0 Å². The molecule has 0 aliphatic heterocycles. The molecular weight excluding hydrogens is 202 g/mol. The SMILES string of the molecule is O=C(O)CC(O)C(O)c1ccc[nH]c1=O. The summed E-state index contributed by atoms with van der Waals surface area (Å²) in [5.41, 5.74) is -0.597. The molecule has 0 aliphatic carbocycles. The summed E-state index contributed by atoms with van der Waals surface area (Å²) >= 11 is 0. The first-order valence-electron chi connectivity index (χ1n) is 4.28. The molecule has 82 valence electrons. The van der Waals surface area contributed by atoms with Gasteiger partial charge in [-0.3, -0.25) is 9.59 Å². The van der Waals surface area contributed by atoms with E-state index in [2.05, 4.69) is 4.98 Å². The molecular formula is C9H11NO5. The average molecular weight is 213 g/mol. The van der Waals surface area contributed by atoms with Crippen LogP contribution in [0.5, 0.6) is 0 Å². The second-order valence-electron chi connectivity index (χ2n) is 3.06. The van der Waals surface area contributed by atoms with E-state index < -0.39 is 30.2 Å². The maximum Gasteiger partial charge on any atom is 0.306 e. The molecule has 6 heteroatoms. The first-order chi connectivity index (χ1) is 7.02. The molecule has 0 bridgehead atoms. The van der Waals surface area contributed by atoms with Gasteiger partial charge in [-0.15, -0.1) is 0 Å². The van der Waals surface area contributed by atoms with Gasteiger partial charge >= 0.3 is 5.97 Å². The summed E-state index contributed by atoms with van der Waals surface area (Å²) in [6, 6.07) is 2.81. The van der Waals surface area contributed by atoms with Crippen LogP contribution in [0.15, 0.2) is 23.1 Å². The fourth-order valence-corrected chi connectivity index (χ4v) is 1.17. The molecule has 1 heterocycles. The maximum atomic E-state index is 11.2. The second-order valence-corrected chi connectivity index (χ2v) is 3.06. The zero-order chi connectivity index (χ0) is 11.4. The Kier molecular flexibility index (Phi) is 3.59. The molecule has 4 N–H and O–H groups in total. The van der Waals surface area contributed by atoms with Crippen LogP contribution in [-0.4, -0.2) is 32.4 Å². The van der Waals surface area contributed by atoms with E-state index in [4.69, 9.17) is 5.11 Å². The Labute approximate surface area is 84.8 Å². The maximum absolute atomic E-state index is 11.2. The minimum Gasteiger partial charge on any atom is -0.481 e. The van der Waals surface area contributed by atoms with E-state index in [-0.39, 0.29) is 5.56 Å². The zero-order valence-corrected chi connectivity index (χ0v) is 7.75. The predicted molar refractivity (Wildman–Crippen MR) is 50.3 cm³/mol. The van der Waals surface area contributed by atoms with Crippen molar-refractivity contribution in [1.29, 1.82) is 0 Å². The number of carboxylic acid groups (broad SMARTS) is 1. The number of nitrogens with one attached hydrogen (secondary N) is 1. The number of aromatic amines is 1. The Bertz CT molecular complexity index is 399. The smallest absolute Gasteiger partial charge is 0.306 e. The highest BCUT2D eigenvalue weighted by Gasteiger charge is 2.22. The molecule has 0 aromatic carbocycles. The van der Waals surface area contributed by atoms with Crippen molar-refractivity contribution in [3.63, 3.8) is 0 Å². The summed E-state index contributed by atoms with van der Waals surface area (Å²) < 4.78 is 0. The van der Waals surface area contributed by atoms with Gasteiger partial charge in [0.05, 0.1) is 12.5 Å². The van der Waals surface area contributed by atoms with Gasteiger partial charge in [0.15, 0.2) is 0 Å². The normalized spacial score (nSPS) is 14.5. The van der Waals surface area contributed by atoms with Crippen molar-refractivity contribution >= 4 is 5.97 Å². The molecule has 0 fully saturated rings. The lowest BCUT2D eigenvalue weighted by Crippen LogP contribution is -2.26. The van der Waals surface area contributed by atoms with Crippen LogP contribution < -0.4 is 5.56 Å². The summed E-state index contributed by atoms with van der Waals surface area (Å²) in [6.07, 6.45) is -2.23. The zero-order valence-electron chi connectivity index (χ0n) is 7.75. The first-order valence-corrected chi connectivity index (χ1v) is 4.28. The number of aliphatic hydroxyl groups excluding tert-OH is 2. The monoisotopic (exact) mass is 213 g/mol. The lowest BCUT2D eigenvalue weighted by molar-refractivity contribution is -0.141. The molecule has 1 aromatic heterocycles. The molecule has 0 spiro atoms. The number of H-pyrrole nitrogens is 1. The van der Waals surface area contributed by atoms with Crippen LogP contribution in [0.1, 0.15) is 18.1 Å². The summed E-state index contributed by atoms with van der Waals surface area (Å²) in [7, 11) is 0. The molecule has 6 nitrogen and oxygen atoms in total. The van der Waals surface area contributed by atoms with E-state index >= 15 is 0 Å². The molecule has 1 rings (SSSR count). The van der Waals surface area contributed by atoms with Crippen molar-refractivity contribution in [3.8, 4) is 0 Å². The highest BCUT2D eigenvalue weighted by molar-refractivity contribution is 5.67. The molecule has 0 saturated heterocycles. The first kappa shape index (κ1) is 11.4. The highest BCUT2D eigenvalue weighted by atomic mass is 16.4. The van der Waals surface area contributed by atoms with Crippen molar-refractivity contribution in [2.75, 3.05) is 0 Å². The molecule has 1 aromatic rings. The van der Waals surface area contributed by atoms with Crippen molar-refractivity contribution in [2.24, 2.45) is 0 Å². The molecule has 0 amide bonds. The van der Waals surface area contributed by atoms with E-state index in [1.54, 1.807) is 0 Å². The van der Waals surface area contributed by atoms with Gasteiger partial charge in [-0.2, -0.15) is 0 Å². The summed E-state index contributed by atoms with van der Waals surface area (Å²) in [5, 5.41) is 27.2. The number of aliphatic hydroxyl groups is 2. The number of hydrogen-bond donors (Lipinski definition) is 4. The third-order valence-corrected chi connectivity index (χ3v) is 1.92. The van der Waals surface area contributed by atoms with Crippen molar-refractivity contribution in [2.45, 2.75) is 18.6 Å². The topological polar surface area (TPSA) is 111 Å². The van der Waals surface area contributed by atoms with Gasteiger partial charge in [-0.05, 0) is 12.1 Å². The van der Waals surface area contributed by atoms with Crippen LogP contribution in [0.4, 0.5) is 0 Å². The van der Waals surface area contributed by atoms with Gasteiger partial charge in [-0.1, -0.05) is 0 Å². The van der Waals surface area contributed by atoms with Crippen molar-refractivity contribution in [3.05, 3.63) is 34.2 Å². The molecule has 15 heavy (non-hydrogen) atoms. The number of carbonyl (C=O) groups is 1. The Hall–Kier alpha value is -1.66. The second kappa shape index (κ2) is 4.72. The fraction of sp³-hybridized carbons (Fsp3) is 0.333. The standard InChI is InChI=1S/C9H11NO5/c11-6(4-7(12)13)8(14)5-2-1-3-10-9(5)15/h1-3,6,8,11,14H,4H2,(H,10,15)(H,12,13). The summed E-state index contributed by atoms with van der Waals surface area (Å²) in [6.45, 7) is 0. The van der Waals surface area contributed by atoms with Crippen LogP contribution in [0.3, 0.4) is 0 Å². The Balaban J connectivity index is 2.85. The number of hydrogen-bond acceptors (Lipinski definition) is 4. The molecule has 0 aliphatic rings. The molecule has 0 saturated carbocycles. The molecule has 0 radical (unpaired) electrons. The largest absolute Gasteiger partial charge is 0.481 e. The predicted octanol–water partition coefficient (Wildman–Crippen LogP) is -0.756. The van der Waals surface area contributed by atoms with Crippen molar-refractivity contribution < 1.29 is 20.1 Å². The van der Waals surface area contributed by atoms with Crippen LogP contribution in [0.2, 0.25) is 0 Å². The van der Waals surface area contributed by atoms with Crippen LogP contribution in [-0.2, 0) is 4.79 Å². The Morgan fingerprint density at radius 2 is 2.13 bits per heavy atom. The number of pyridine rings is 1. The highest BCUT2D eigenvalue weighted by Crippen LogP contribution is 2.14. The third kappa shape index (κ3) is 2.90. The number of rotatable bonds is 4. The van der Waals surface area contributed by atoms with Crippen LogP contribution in [0, 0.1) is 0 Å². The number of aliphatic carboxylic acids is 1. The van der Waals surface area contributed by atoms with Gasteiger partial charge in [-0.25, -0.2) is 0 Å². The number of aromatic nitrogens is 1. The summed E-state index contributed by atoms with van der Waals surface area (Å²) in [5.74, 6) is -1.24. The average Bonchev–Trinajstić information content (AvgIpc) is 2.16. The van der Waals surface area contributed by atoms with Gasteiger partial charge in [0.1, 0.15) is 6.10 Å². The van der Waals surface area contributed by atoms with Crippen molar-refractivity contribution in [1.82, 2.24) is 4.98 Å². The third-order valence-electron chi connectivity index (χ3n) is 1.92. The van der Waals surface area contributed by atoms with E-state index in [9.17, 15) is 19.8 Å². The van der Waals surface area contributed by atoms with E-state index in [0.29, 0.717) is 0 Å². The van der Waals surface area contributed by atoms with Gasteiger partial charge in [0.2, 0.25) is 0 Å². The van der Waals surface area contributed by atoms with E-state index in [1.807, 2.05) is 0 Å². The Morgan fingerprint density at radius 3 is 2.67 bits per heavy atom. The Morgan fingerprint density at radius 1 is 1.47 bits per heavy atom. The van der Waals surface area contributed by atoms with Gasteiger partial charge in [0.25, 0.3) is 5.56 Å².